The van der Waals surface area contributed by atoms with Gasteiger partial charge in [0.25, 0.3) is 9.84 Å². The van der Waals surface area contributed by atoms with Gasteiger partial charge in [0.2, 0.25) is 10.0 Å². The number of nitrogens with one attached hydrogen (secondary N) is 1. The van der Waals surface area contributed by atoms with Crippen molar-refractivity contribution in [1.82, 2.24) is 9.80 Å². The van der Waals surface area contributed by atoms with Gasteiger partial charge in [0.15, 0.2) is 0 Å². The summed E-state index contributed by atoms with van der Waals surface area (Å²) in [5.41, 5.74) is -6.02. The van der Waals surface area contributed by atoms with Crippen molar-refractivity contribution in [2.24, 2.45) is 5.14 Å². The third-order valence-corrected chi connectivity index (χ3v) is 13.3. The fourth-order valence-electron chi connectivity index (χ4n) is 5.11. The maximum Gasteiger partial charge on any atom is 0.501 e. The molecule has 3 N–H and O–H groups in total. The second kappa shape index (κ2) is 17.5. The molecule has 1 aliphatic heterocycles. The number of nitrogens with zero attached hydrogens (tertiary/aromatic N) is 2. The van der Waals surface area contributed by atoms with Crippen molar-refractivity contribution < 1.29 is 43.6 Å². The fraction of sp³-hybridized carbons (Fsp3) is 0.600. The maximum atomic E-state index is 13.7. The van der Waals surface area contributed by atoms with Crippen molar-refractivity contribution in [2.45, 2.75) is 79.0 Å². The van der Waals surface area contributed by atoms with Gasteiger partial charge in [0.05, 0.1) is 29.0 Å². The SMILES string of the molecule is CC(C)OP(=O)(CCCN1CCN(CCC(CSc2ccccc2)Nc2ccc(S(N)(=O)=O)cc2S(=O)(=O)C(F)(F)F)CC1)OC(C)C. The van der Waals surface area contributed by atoms with Gasteiger partial charge in [-0.3, -0.25) is 4.57 Å². The first-order valence-electron chi connectivity index (χ1n) is 15.6. The summed E-state index contributed by atoms with van der Waals surface area (Å²) in [6.07, 6.45) is 0.992. The highest BCUT2D eigenvalue weighted by Gasteiger charge is 2.48. The van der Waals surface area contributed by atoms with Gasteiger partial charge >= 0.3 is 13.1 Å². The highest BCUT2D eigenvalue weighted by molar-refractivity contribution is 7.99. The van der Waals surface area contributed by atoms with Crippen molar-refractivity contribution in [3.8, 4) is 0 Å². The summed E-state index contributed by atoms with van der Waals surface area (Å²) in [7, 11) is -13.6. The van der Waals surface area contributed by atoms with E-state index in [2.05, 4.69) is 15.1 Å². The second-order valence-corrected chi connectivity index (χ2v) is 18.7. The largest absolute Gasteiger partial charge is 0.501 e. The number of halogens is 3. The summed E-state index contributed by atoms with van der Waals surface area (Å²) in [5, 5.41) is 8.07. The van der Waals surface area contributed by atoms with Crippen LogP contribution in [-0.2, 0) is 33.5 Å². The molecule has 1 aliphatic rings. The zero-order valence-corrected chi connectivity index (χ0v) is 30.9. The molecule has 11 nitrogen and oxygen atoms in total. The molecule has 48 heavy (non-hydrogen) atoms. The molecule has 1 fully saturated rings. The van der Waals surface area contributed by atoms with Gasteiger partial charge in [-0.2, -0.15) is 13.2 Å². The number of hydrogen-bond donors (Lipinski definition) is 2. The average Bonchev–Trinajstić information content (AvgIpc) is 2.97. The van der Waals surface area contributed by atoms with Crippen LogP contribution in [0.2, 0.25) is 0 Å². The number of alkyl halides is 3. The zero-order chi connectivity index (χ0) is 35.8. The molecule has 0 spiro atoms. The molecule has 0 amide bonds. The number of hydrogen-bond acceptors (Lipinski definition) is 11. The minimum Gasteiger partial charge on any atom is -0.380 e. The van der Waals surface area contributed by atoms with Gasteiger partial charge < -0.3 is 24.2 Å². The van der Waals surface area contributed by atoms with Gasteiger partial charge in [-0.15, -0.1) is 11.8 Å². The summed E-state index contributed by atoms with van der Waals surface area (Å²) in [4.78, 5) is 3.48. The first-order chi connectivity index (χ1) is 22.3. The molecule has 0 saturated carbocycles. The second-order valence-electron chi connectivity index (χ2n) is 12.1. The van der Waals surface area contributed by atoms with Crippen LogP contribution < -0.4 is 10.5 Å². The van der Waals surface area contributed by atoms with Crippen LogP contribution in [0.5, 0.6) is 0 Å². The van der Waals surface area contributed by atoms with E-state index in [0.717, 1.165) is 49.8 Å². The van der Waals surface area contributed by atoms with Crippen molar-refractivity contribution >= 4 is 44.9 Å². The number of primary sulfonamides is 1. The van der Waals surface area contributed by atoms with Gasteiger partial charge in [-0.25, -0.2) is 22.0 Å². The fourth-order valence-corrected chi connectivity index (χ4v) is 9.74. The van der Waals surface area contributed by atoms with Crippen LogP contribution in [-0.4, -0.2) is 102 Å². The van der Waals surface area contributed by atoms with Crippen LogP contribution in [0.4, 0.5) is 18.9 Å². The van der Waals surface area contributed by atoms with Crippen LogP contribution in [0.3, 0.4) is 0 Å². The Balaban J connectivity index is 1.68. The predicted molar refractivity (Wildman–Crippen MR) is 183 cm³/mol. The van der Waals surface area contributed by atoms with Crippen LogP contribution in [0.25, 0.3) is 0 Å². The standard InChI is InChI=1S/C30H46F3N4O7PS3/c1-23(2)43-45(38,44-24(3)4)20-8-14-36-16-18-37(19-17-36)15-13-25(22-46-26-9-6-5-7-10-26)35-28-12-11-27(48(34,41)42)21-29(28)47(39,40)30(31,32)33/h5-7,9-12,21,23-25,35H,8,13-20,22H2,1-4H3,(H2,34,41,42). The van der Waals surface area contributed by atoms with E-state index in [0.29, 0.717) is 37.4 Å². The molecule has 2 aromatic carbocycles. The normalized spacial score (nSPS) is 16.5. The smallest absolute Gasteiger partial charge is 0.380 e. The van der Waals surface area contributed by atoms with Crippen molar-refractivity contribution in [1.29, 1.82) is 0 Å². The molecule has 0 bridgehead atoms. The number of anilines is 1. The van der Waals surface area contributed by atoms with E-state index in [1.54, 1.807) is 0 Å². The van der Waals surface area contributed by atoms with Crippen LogP contribution >= 0.6 is 19.4 Å². The number of rotatable bonds is 18. The van der Waals surface area contributed by atoms with Crippen LogP contribution in [0.15, 0.2) is 63.2 Å². The number of thioether (sulfide) groups is 1. The Morgan fingerprint density at radius 2 is 1.48 bits per heavy atom. The minimum atomic E-state index is -5.91. The van der Waals surface area contributed by atoms with E-state index in [1.165, 1.54) is 11.8 Å². The third kappa shape index (κ3) is 12.6. The first kappa shape index (κ1) is 40.7. The molecule has 2 aromatic rings. The Morgan fingerprint density at radius 3 is 2.00 bits per heavy atom. The van der Waals surface area contributed by atoms with Gasteiger partial charge in [0.1, 0.15) is 4.90 Å². The molecule has 0 aliphatic carbocycles. The molecular weight excluding hydrogens is 713 g/mol. The summed E-state index contributed by atoms with van der Waals surface area (Å²) in [6, 6.07) is 11.3. The van der Waals surface area contributed by atoms with Crippen molar-refractivity contribution in [2.75, 3.05) is 56.5 Å². The van der Waals surface area contributed by atoms with E-state index in [1.807, 2.05) is 58.0 Å². The van der Waals surface area contributed by atoms with E-state index in [-0.39, 0.29) is 17.9 Å². The number of nitrogens with two attached hydrogens (primary N) is 1. The van der Waals surface area contributed by atoms with Crippen molar-refractivity contribution in [3.05, 3.63) is 48.5 Å². The van der Waals surface area contributed by atoms with Crippen LogP contribution in [0, 0.1) is 0 Å². The third-order valence-electron chi connectivity index (χ3n) is 7.34. The Kier molecular flexibility index (Phi) is 14.8. The predicted octanol–water partition coefficient (Wildman–Crippen LogP) is 5.64. The molecule has 1 unspecified atom stereocenters. The topological polar surface area (TPSA) is 148 Å². The molecule has 18 heteroatoms. The van der Waals surface area contributed by atoms with E-state index in [9.17, 15) is 34.6 Å². The molecule has 3 rings (SSSR count). The van der Waals surface area contributed by atoms with Gasteiger partial charge in [0, 0.05) is 49.4 Å². The van der Waals surface area contributed by atoms with E-state index < -0.39 is 48.8 Å². The molecule has 272 valence electrons. The Hall–Kier alpha value is -1.69. The monoisotopic (exact) mass is 758 g/mol. The van der Waals surface area contributed by atoms with E-state index >= 15 is 0 Å². The quantitative estimate of drug-likeness (QED) is 0.144. The van der Waals surface area contributed by atoms with E-state index in [4.69, 9.17) is 14.2 Å². The Labute approximate surface area is 286 Å². The average molecular weight is 759 g/mol. The number of piperazine rings is 1. The molecule has 0 radical (unpaired) electrons. The molecular formula is C30H46F3N4O7PS3. The summed E-state index contributed by atoms with van der Waals surface area (Å²) < 4.78 is 114. The lowest BCUT2D eigenvalue weighted by molar-refractivity contribution is -0.0435. The van der Waals surface area contributed by atoms with Crippen molar-refractivity contribution in [3.63, 3.8) is 0 Å². The van der Waals surface area contributed by atoms with Gasteiger partial charge in [-0.05, 0) is 77.4 Å². The lowest BCUT2D eigenvalue weighted by Gasteiger charge is -2.35. The minimum absolute atomic E-state index is 0.218. The number of sulfonamides is 1. The molecule has 1 saturated heterocycles. The zero-order valence-electron chi connectivity index (χ0n) is 27.6. The Morgan fingerprint density at radius 1 is 0.917 bits per heavy atom. The highest BCUT2D eigenvalue weighted by Crippen LogP contribution is 2.51. The summed E-state index contributed by atoms with van der Waals surface area (Å²) in [6.45, 7) is 11.6. The Bertz CT molecular complexity index is 1580. The number of sulfone groups is 1. The summed E-state index contributed by atoms with van der Waals surface area (Å²) >= 11 is 1.46. The lowest BCUT2D eigenvalue weighted by atomic mass is 10.2. The number of benzene rings is 2. The molecule has 0 aromatic heterocycles. The highest BCUT2D eigenvalue weighted by atomic mass is 32.2. The first-order valence-corrected chi connectivity index (χ1v) is 21.4. The lowest BCUT2D eigenvalue weighted by Crippen LogP contribution is -2.47. The maximum absolute atomic E-state index is 13.7. The molecule has 1 atom stereocenters. The van der Waals surface area contributed by atoms with Gasteiger partial charge in [-0.1, -0.05) is 18.2 Å². The summed E-state index contributed by atoms with van der Waals surface area (Å²) in [5.74, 6) is 0.392. The van der Waals surface area contributed by atoms with Crippen LogP contribution in [0.1, 0.15) is 40.5 Å². The molecule has 1 heterocycles.